The molecule has 1 aliphatic heterocycles. The van der Waals surface area contributed by atoms with Crippen LogP contribution in [0.5, 0.6) is 0 Å². The fourth-order valence-electron chi connectivity index (χ4n) is 3.44. The predicted octanol–water partition coefficient (Wildman–Crippen LogP) is 3.47. The summed E-state index contributed by atoms with van der Waals surface area (Å²) in [5.74, 6) is 1.29. The Morgan fingerprint density at radius 1 is 1.08 bits per heavy atom. The highest BCUT2D eigenvalue weighted by Crippen LogP contribution is 2.24. The van der Waals surface area contributed by atoms with E-state index in [4.69, 9.17) is 4.98 Å². The van der Waals surface area contributed by atoms with Gasteiger partial charge in [0.15, 0.2) is 10.8 Å². The lowest BCUT2D eigenvalue weighted by molar-refractivity contribution is -0.128. The maximum absolute atomic E-state index is 12.7. The number of thioether (sulfide) groups is 1. The number of nitrogens with zero attached hydrogens (tertiary/aromatic N) is 5. The van der Waals surface area contributed by atoms with Crippen molar-refractivity contribution in [3.8, 4) is 0 Å². The molecule has 1 saturated heterocycles. The van der Waals surface area contributed by atoms with E-state index < -0.39 is 0 Å². The predicted molar refractivity (Wildman–Crippen MR) is 103 cm³/mol. The summed E-state index contributed by atoms with van der Waals surface area (Å²) in [6.07, 6.45) is 5.96. The highest BCUT2D eigenvalue weighted by molar-refractivity contribution is 7.99. The molecule has 0 radical (unpaired) electrons. The van der Waals surface area contributed by atoms with Crippen LogP contribution >= 0.6 is 11.8 Å². The second-order valence-corrected chi connectivity index (χ2v) is 7.69. The van der Waals surface area contributed by atoms with E-state index in [0.29, 0.717) is 11.6 Å². The van der Waals surface area contributed by atoms with E-state index in [0.717, 1.165) is 47.6 Å². The normalized spacial score (nSPS) is 16.0. The number of carbonyl (C=O) groups excluding carboxylic acids is 1. The van der Waals surface area contributed by atoms with Crippen molar-refractivity contribution >= 4 is 34.2 Å². The van der Waals surface area contributed by atoms with Crippen molar-refractivity contribution in [1.82, 2.24) is 24.5 Å². The molecule has 26 heavy (non-hydrogen) atoms. The van der Waals surface area contributed by atoms with Crippen LogP contribution < -0.4 is 0 Å². The zero-order valence-corrected chi connectivity index (χ0v) is 15.8. The van der Waals surface area contributed by atoms with Crippen LogP contribution in [0.25, 0.3) is 16.6 Å². The smallest absolute Gasteiger partial charge is 0.233 e. The molecular formula is C19H23N5OS. The molecule has 0 N–H and O–H groups in total. The number of carbonyl (C=O) groups is 1. The van der Waals surface area contributed by atoms with Crippen LogP contribution in [0.15, 0.2) is 29.4 Å². The number of fused-ring (bicyclic) bond motifs is 3. The lowest BCUT2D eigenvalue weighted by atomic mass is 10.1. The molecule has 136 valence electrons. The van der Waals surface area contributed by atoms with E-state index in [1.54, 1.807) is 4.52 Å². The molecule has 1 fully saturated rings. The number of para-hydroxylation sites is 1. The summed E-state index contributed by atoms with van der Waals surface area (Å²) in [6, 6.07) is 7.93. The Kier molecular flexibility index (Phi) is 5.06. The molecule has 7 heteroatoms. The van der Waals surface area contributed by atoms with E-state index in [9.17, 15) is 4.79 Å². The minimum Gasteiger partial charge on any atom is -0.342 e. The van der Waals surface area contributed by atoms with Gasteiger partial charge in [-0.15, -0.1) is 5.10 Å². The standard InChI is InChI=1S/C19H23N5OS/c1-14-20-18-15-9-5-6-10-16(15)21-19(24(18)22-14)26-13-17(25)23-11-7-3-2-4-8-12-23/h5-6,9-10H,2-4,7-8,11-13H2,1H3. The molecule has 0 unspecified atom stereocenters. The monoisotopic (exact) mass is 369 g/mol. The summed E-state index contributed by atoms with van der Waals surface area (Å²) in [6.45, 7) is 3.63. The first-order valence-electron chi connectivity index (χ1n) is 9.25. The van der Waals surface area contributed by atoms with Gasteiger partial charge in [0.1, 0.15) is 5.82 Å². The average Bonchev–Trinajstić information content (AvgIpc) is 3.01. The van der Waals surface area contributed by atoms with Crippen molar-refractivity contribution in [3.63, 3.8) is 0 Å². The molecule has 1 amide bonds. The highest BCUT2D eigenvalue weighted by atomic mass is 32.2. The molecule has 0 bridgehead atoms. The third-order valence-electron chi connectivity index (χ3n) is 4.79. The summed E-state index contributed by atoms with van der Waals surface area (Å²) in [4.78, 5) is 23.9. The average molecular weight is 369 g/mol. The van der Waals surface area contributed by atoms with Gasteiger partial charge in [-0.1, -0.05) is 43.2 Å². The topological polar surface area (TPSA) is 63.4 Å². The SMILES string of the molecule is Cc1nc2c3ccccc3nc(SCC(=O)N3CCCCCCC3)n2n1. The summed E-state index contributed by atoms with van der Waals surface area (Å²) in [7, 11) is 0. The molecule has 2 aromatic heterocycles. The van der Waals surface area contributed by atoms with Gasteiger partial charge in [0.05, 0.1) is 11.3 Å². The van der Waals surface area contributed by atoms with Gasteiger partial charge in [-0.25, -0.2) is 9.97 Å². The third kappa shape index (κ3) is 3.53. The fourth-order valence-corrected chi connectivity index (χ4v) is 4.29. The lowest BCUT2D eigenvalue weighted by Gasteiger charge is -2.24. The quantitative estimate of drug-likeness (QED) is 0.522. The summed E-state index contributed by atoms with van der Waals surface area (Å²) in [5, 5.41) is 6.18. The van der Waals surface area contributed by atoms with Crippen molar-refractivity contribution in [2.75, 3.05) is 18.8 Å². The second kappa shape index (κ2) is 7.61. The minimum atomic E-state index is 0.192. The van der Waals surface area contributed by atoms with Crippen molar-refractivity contribution in [3.05, 3.63) is 30.1 Å². The number of aromatic nitrogens is 4. The molecule has 0 spiro atoms. The number of hydrogen-bond donors (Lipinski definition) is 0. The number of rotatable bonds is 3. The van der Waals surface area contributed by atoms with Crippen LogP contribution in [0.3, 0.4) is 0 Å². The molecule has 6 nitrogen and oxygen atoms in total. The minimum absolute atomic E-state index is 0.192. The Morgan fingerprint density at radius 2 is 1.81 bits per heavy atom. The molecule has 1 aromatic carbocycles. The van der Waals surface area contributed by atoms with Gasteiger partial charge < -0.3 is 4.90 Å². The zero-order valence-electron chi connectivity index (χ0n) is 15.0. The van der Waals surface area contributed by atoms with Crippen LogP contribution in [-0.4, -0.2) is 49.2 Å². The van der Waals surface area contributed by atoms with Crippen molar-refractivity contribution < 1.29 is 4.79 Å². The summed E-state index contributed by atoms with van der Waals surface area (Å²) < 4.78 is 1.77. The zero-order chi connectivity index (χ0) is 17.9. The van der Waals surface area contributed by atoms with Gasteiger partial charge in [-0.05, 0) is 31.9 Å². The molecular weight excluding hydrogens is 346 g/mol. The number of hydrogen-bond acceptors (Lipinski definition) is 5. The first-order valence-corrected chi connectivity index (χ1v) is 10.2. The van der Waals surface area contributed by atoms with Gasteiger partial charge in [0, 0.05) is 18.5 Å². The Labute approximate surface area is 157 Å². The van der Waals surface area contributed by atoms with Crippen molar-refractivity contribution in [2.24, 2.45) is 0 Å². The van der Waals surface area contributed by atoms with Gasteiger partial charge >= 0.3 is 0 Å². The number of amides is 1. The number of likely N-dealkylation sites (tertiary alicyclic amines) is 1. The third-order valence-corrected chi connectivity index (χ3v) is 5.70. The fraction of sp³-hybridized carbons (Fsp3) is 0.474. The van der Waals surface area contributed by atoms with E-state index in [2.05, 4.69) is 10.1 Å². The molecule has 3 aromatic rings. The van der Waals surface area contributed by atoms with Gasteiger partial charge in [-0.3, -0.25) is 4.79 Å². The summed E-state index contributed by atoms with van der Waals surface area (Å²) >= 11 is 1.45. The Morgan fingerprint density at radius 3 is 2.62 bits per heavy atom. The van der Waals surface area contributed by atoms with E-state index in [1.807, 2.05) is 36.1 Å². The maximum atomic E-state index is 12.7. The van der Waals surface area contributed by atoms with E-state index >= 15 is 0 Å². The van der Waals surface area contributed by atoms with Crippen LogP contribution in [0.2, 0.25) is 0 Å². The number of aryl methyl sites for hydroxylation is 1. The number of benzene rings is 1. The van der Waals surface area contributed by atoms with Crippen LogP contribution in [0.1, 0.15) is 37.9 Å². The Balaban J connectivity index is 1.57. The molecule has 1 aliphatic rings. The van der Waals surface area contributed by atoms with Crippen LogP contribution in [-0.2, 0) is 4.79 Å². The lowest BCUT2D eigenvalue weighted by Crippen LogP contribution is -2.35. The van der Waals surface area contributed by atoms with Gasteiger partial charge in [0.25, 0.3) is 0 Å². The van der Waals surface area contributed by atoms with Crippen molar-refractivity contribution in [1.29, 1.82) is 0 Å². The first kappa shape index (κ1) is 17.3. The molecule has 0 aliphatic carbocycles. The van der Waals surface area contributed by atoms with Crippen LogP contribution in [0, 0.1) is 6.92 Å². The van der Waals surface area contributed by atoms with Gasteiger partial charge in [-0.2, -0.15) is 4.52 Å². The molecule has 0 atom stereocenters. The molecule has 3 heterocycles. The Bertz CT molecular complexity index is 930. The molecule has 4 rings (SSSR count). The first-order chi connectivity index (χ1) is 12.7. The second-order valence-electron chi connectivity index (χ2n) is 6.74. The van der Waals surface area contributed by atoms with Crippen molar-refractivity contribution in [2.45, 2.75) is 44.2 Å². The Hall–Kier alpha value is -2.15. The van der Waals surface area contributed by atoms with Gasteiger partial charge in [0.2, 0.25) is 5.91 Å². The largest absolute Gasteiger partial charge is 0.342 e. The van der Waals surface area contributed by atoms with E-state index in [1.165, 1.54) is 31.0 Å². The summed E-state index contributed by atoms with van der Waals surface area (Å²) in [5.41, 5.74) is 1.68. The highest BCUT2D eigenvalue weighted by Gasteiger charge is 2.18. The molecule has 0 saturated carbocycles. The van der Waals surface area contributed by atoms with Crippen LogP contribution in [0.4, 0.5) is 0 Å². The maximum Gasteiger partial charge on any atom is 0.233 e. The van der Waals surface area contributed by atoms with E-state index in [-0.39, 0.29) is 5.91 Å².